The highest BCUT2D eigenvalue weighted by molar-refractivity contribution is 5.94. The molecule has 1 aromatic rings. The van der Waals surface area contributed by atoms with Crippen molar-refractivity contribution in [2.45, 2.75) is 19.3 Å². The molecule has 5 heteroatoms. The number of nitrogens with zero attached hydrogens (tertiary/aromatic N) is 1. The van der Waals surface area contributed by atoms with E-state index in [-0.39, 0.29) is 18.3 Å². The number of unbranched alkanes of at least 4 members (excludes halogenated alkanes) is 2. The summed E-state index contributed by atoms with van der Waals surface area (Å²) < 4.78 is 18.3. The molecular weight excluding hydrogens is 249 g/mol. The van der Waals surface area contributed by atoms with Crippen LogP contribution in [0.25, 0.3) is 0 Å². The second kappa shape index (κ2) is 7.74. The topological polar surface area (TPSA) is 49.8 Å². The third-order valence-electron chi connectivity index (χ3n) is 2.90. The third kappa shape index (κ3) is 4.52. The van der Waals surface area contributed by atoms with Gasteiger partial charge in [0.2, 0.25) is 0 Å². The van der Waals surface area contributed by atoms with Gasteiger partial charge < -0.3 is 14.7 Å². The monoisotopic (exact) mass is 269 g/mol. The van der Waals surface area contributed by atoms with Crippen molar-refractivity contribution in [3.8, 4) is 5.75 Å². The fourth-order valence-electron chi connectivity index (χ4n) is 1.76. The number of hydrogen-bond acceptors (Lipinski definition) is 3. The molecular formula is C14H20FNO3. The first kappa shape index (κ1) is 15.4. The maximum atomic E-state index is 13.5. The number of carbonyl (C=O) groups excluding carboxylic acids is 1. The molecule has 0 radical (unpaired) electrons. The van der Waals surface area contributed by atoms with Crippen LogP contribution in [-0.4, -0.2) is 43.2 Å². The number of aliphatic hydroxyl groups is 1. The molecule has 0 fully saturated rings. The van der Waals surface area contributed by atoms with E-state index >= 15 is 0 Å². The fraction of sp³-hybridized carbons (Fsp3) is 0.500. The number of rotatable bonds is 7. The number of benzene rings is 1. The van der Waals surface area contributed by atoms with E-state index in [2.05, 4.69) is 0 Å². The quantitative estimate of drug-likeness (QED) is 0.771. The van der Waals surface area contributed by atoms with E-state index < -0.39 is 5.82 Å². The molecule has 0 spiro atoms. The lowest BCUT2D eigenvalue weighted by molar-refractivity contribution is 0.0791. The highest BCUT2D eigenvalue weighted by atomic mass is 19.1. The van der Waals surface area contributed by atoms with Gasteiger partial charge in [0.15, 0.2) is 11.6 Å². The molecule has 19 heavy (non-hydrogen) atoms. The zero-order valence-corrected chi connectivity index (χ0v) is 11.4. The summed E-state index contributed by atoms with van der Waals surface area (Å²) in [6, 6.07) is 4.18. The Balaban J connectivity index is 2.59. The highest BCUT2D eigenvalue weighted by Gasteiger charge is 2.13. The van der Waals surface area contributed by atoms with Crippen molar-refractivity contribution in [2.24, 2.45) is 0 Å². The maximum Gasteiger partial charge on any atom is 0.253 e. The van der Waals surface area contributed by atoms with Gasteiger partial charge in [-0.2, -0.15) is 0 Å². The van der Waals surface area contributed by atoms with Crippen LogP contribution in [0.2, 0.25) is 0 Å². The molecule has 0 heterocycles. The summed E-state index contributed by atoms with van der Waals surface area (Å²) in [5, 5.41) is 8.66. The Hall–Kier alpha value is -1.62. The number of ether oxygens (including phenoxy) is 1. The van der Waals surface area contributed by atoms with Crippen LogP contribution in [0.3, 0.4) is 0 Å². The van der Waals surface area contributed by atoms with Gasteiger partial charge in [-0.15, -0.1) is 0 Å². The molecule has 0 aliphatic carbocycles. The summed E-state index contributed by atoms with van der Waals surface area (Å²) in [5.41, 5.74) is 0.308. The minimum absolute atomic E-state index is 0.127. The predicted octanol–water partition coefficient (Wildman–Crippen LogP) is 2.07. The first-order chi connectivity index (χ1) is 9.10. The Kier molecular flexibility index (Phi) is 6.29. The predicted molar refractivity (Wildman–Crippen MR) is 70.8 cm³/mol. The molecule has 0 aliphatic heterocycles. The Morgan fingerprint density at radius 2 is 2.11 bits per heavy atom. The van der Waals surface area contributed by atoms with Gasteiger partial charge >= 0.3 is 0 Å². The third-order valence-corrected chi connectivity index (χ3v) is 2.90. The number of hydrogen-bond donors (Lipinski definition) is 1. The van der Waals surface area contributed by atoms with Crippen molar-refractivity contribution in [2.75, 3.05) is 27.3 Å². The van der Waals surface area contributed by atoms with Crippen molar-refractivity contribution in [1.29, 1.82) is 0 Å². The average Bonchev–Trinajstić information content (AvgIpc) is 2.42. The van der Waals surface area contributed by atoms with Gasteiger partial charge in [-0.1, -0.05) is 0 Å². The minimum atomic E-state index is -0.540. The number of methoxy groups -OCH3 is 1. The van der Waals surface area contributed by atoms with E-state index in [1.54, 1.807) is 18.0 Å². The van der Waals surface area contributed by atoms with Crippen molar-refractivity contribution in [1.82, 2.24) is 4.90 Å². The molecule has 0 aliphatic rings. The second-order valence-electron chi connectivity index (χ2n) is 4.36. The normalized spacial score (nSPS) is 10.3. The van der Waals surface area contributed by atoms with E-state index in [9.17, 15) is 9.18 Å². The number of amides is 1. The van der Waals surface area contributed by atoms with Gasteiger partial charge in [0.1, 0.15) is 0 Å². The molecule has 4 nitrogen and oxygen atoms in total. The Morgan fingerprint density at radius 1 is 1.37 bits per heavy atom. The SMILES string of the molecule is COc1ccc(C(=O)N(C)CCCCCO)cc1F. The van der Waals surface area contributed by atoms with E-state index in [4.69, 9.17) is 9.84 Å². The van der Waals surface area contributed by atoms with Crippen LogP contribution in [0, 0.1) is 5.82 Å². The molecule has 0 aromatic heterocycles. The lowest BCUT2D eigenvalue weighted by Gasteiger charge is -2.17. The maximum absolute atomic E-state index is 13.5. The molecule has 1 rings (SSSR count). The molecule has 1 N–H and O–H groups in total. The molecule has 106 valence electrons. The number of carbonyl (C=O) groups is 1. The lowest BCUT2D eigenvalue weighted by atomic mass is 10.1. The molecule has 0 atom stereocenters. The molecule has 0 unspecified atom stereocenters. The first-order valence-corrected chi connectivity index (χ1v) is 6.30. The Bertz CT molecular complexity index is 423. The van der Waals surface area contributed by atoms with E-state index in [0.717, 1.165) is 19.3 Å². The van der Waals surface area contributed by atoms with Gasteiger partial charge in [-0.3, -0.25) is 4.79 Å². The van der Waals surface area contributed by atoms with E-state index in [1.807, 2.05) is 0 Å². The zero-order valence-electron chi connectivity index (χ0n) is 11.4. The van der Waals surface area contributed by atoms with Crippen LogP contribution < -0.4 is 4.74 Å². The average molecular weight is 269 g/mol. The van der Waals surface area contributed by atoms with Crippen LogP contribution in [-0.2, 0) is 0 Å². The van der Waals surface area contributed by atoms with E-state index in [1.165, 1.54) is 19.2 Å². The summed E-state index contributed by atoms with van der Waals surface area (Å²) in [4.78, 5) is 13.6. The smallest absolute Gasteiger partial charge is 0.253 e. The minimum Gasteiger partial charge on any atom is -0.494 e. The highest BCUT2D eigenvalue weighted by Crippen LogP contribution is 2.18. The van der Waals surface area contributed by atoms with Crippen LogP contribution >= 0.6 is 0 Å². The number of aliphatic hydroxyl groups excluding tert-OH is 1. The summed E-state index contributed by atoms with van der Waals surface area (Å²) in [5.74, 6) is -0.630. The largest absolute Gasteiger partial charge is 0.494 e. The van der Waals surface area contributed by atoms with Gasteiger partial charge in [-0.05, 0) is 37.5 Å². The summed E-state index contributed by atoms with van der Waals surface area (Å²) in [6.07, 6.45) is 2.42. The second-order valence-corrected chi connectivity index (χ2v) is 4.36. The molecule has 1 amide bonds. The van der Waals surface area contributed by atoms with Crippen LogP contribution in [0.5, 0.6) is 5.75 Å². The molecule has 0 bridgehead atoms. The zero-order chi connectivity index (χ0) is 14.3. The lowest BCUT2D eigenvalue weighted by Crippen LogP contribution is -2.27. The summed E-state index contributed by atoms with van der Waals surface area (Å²) in [6.45, 7) is 0.758. The van der Waals surface area contributed by atoms with Crippen molar-refractivity contribution >= 4 is 5.91 Å². The summed E-state index contributed by atoms with van der Waals surface area (Å²) in [7, 11) is 3.07. The fourth-order valence-corrected chi connectivity index (χ4v) is 1.76. The Labute approximate surface area is 112 Å². The van der Waals surface area contributed by atoms with Crippen molar-refractivity contribution in [3.63, 3.8) is 0 Å². The molecule has 0 saturated heterocycles. The van der Waals surface area contributed by atoms with Crippen molar-refractivity contribution < 1.29 is 19.0 Å². The summed E-state index contributed by atoms with van der Waals surface area (Å²) >= 11 is 0. The molecule has 1 aromatic carbocycles. The van der Waals surface area contributed by atoms with Crippen LogP contribution in [0.4, 0.5) is 4.39 Å². The van der Waals surface area contributed by atoms with Gasteiger partial charge in [0.25, 0.3) is 5.91 Å². The standard InChI is InChI=1S/C14H20FNO3/c1-16(8-4-3-5-9-17)14(18)11-6-7-13(19-2)12(15)10-11/h6-7,10,17H,3-5,8-9H2,1-2H3. The van der Waals surface area contributed by atoms with E-state index in [0.29, 0.717) is 12.1 Å². The van der Waals surface area contributed by atoms with Crippen LogP contribution in [0.15, 0.2) is 18.2 Å². The van der Waals surface area contributed by atoms with Crippen molar-refractivity contribution in [3.05, 3.63) is 29.6 Å². The first-order valence-electron chi connectivity index (χ1n) is 6.30. The molecule has 0 saturated carbocycles. The van der Waals surface area contributed by atoms with Crippen LogP contribution in [0.1, 0.15) is 29.6 Å². The van der Waals surface area contributed by atoms with Gasteiger partial charge in [0.05, 0.1) is 7.11 Å². The van der Waals surface area contributed by atoms with Gasteiger partial charge in [0, 0.05) is 25.8 Å². The number of halogens is 1. The van der Waals surface area contributed by atoms with Gasteiger partial charge in [-0.25, -0.2) is 4.39 Å². The Morgan fingerprint density at radius 3 is 2.68 bits per heavy atom.